The Hall–Kier alpha value is -1.64. The molecule has 1 fully saturated rings. The number of carbonyl (C=O) groups excluding carboxylic acids is 1. The van der Waals surface area contributed by atoms with Crippen molar-refractivity contribution in [2.45, 2.75) is 50.1 Å². The van der Waals surface area contributed by atoms with Crippen LogP contribution in [0.2, 0.25) is 0 Å². The fraction of sp³-hybridized carbons (Fsp3) is 0.588. The van der Waals surface area contributed by atoms with Crippen LogP contribution in [0.1, 0.15) is 44.0 Å². The molecule has 0 saturated heterocycles. The summed E-state index contributed by atoms with van der Waals surface area (Å²) in [6.07, 6.45) is 1.65. The Morgan fingerprint density at radius 1 is 1.40 bits per heavy atom. The van der Waals surface area contributed by atoms with Crippen LogP contribution in [0.4, 0.5) is 0 Å². The molecule has 4 N–H and O–H groups in total. The number of hydrogen-bond acceptors (Lipinski definition) is 5. The minimum atomic E-state index is -3.74. The van der Waals surface area contributed by atoms with Crippen molar-refractivity contribution in [2.75, 3.05) is 13.7 Å². The van der Waals surface area contributed by atoms with E-state index in [9.17, 15) is 13.2 Å². The van der Waals surface area contributed by atoms with Crippen LogP contribution < -0.4 is 20.5 Å². The molecular formula is C17H27N3O4S. The van der Waals surface area contributed by atoms with Crippen molar-refractivity contribution in [1.29, 1.82) is 0 Å². The van der Waals surface area contributed by atoms with Gasteiger partial charge in [-0.2, -0.15) is 0 Å². The van der Waals surface area contributed by atoms with Crippen molar-refractivity contribution < 1.29 is 17.9 Å². The summed E-state index contributed by atoms with van der Waals surface area (Å²) >= 11 is 0. The van der Waals surface area contributed by atoms with Crippen molar-refractivity contribution in [2.24, 2.45) is 11.7 Å². The molecule has 1 aromatic carbocycles. The third-order valence-electron chi connectivity index (χ3n) is 4.71. The smallest absolute Gasteiger partial charge is 0.251 e. The first-order valence-corrected chi connectivity index (χ1v) is 9.84. The monoisotopic (exact) mass is 369 g/mol. The Morgan fingerprint density at radius 2 is 2.04 bits per heavy atom. The lowest BCUT2D eigenvalue weighted by molar-refractivity contribution is 0.0883. The topological polar surface area (TPSA) is 111 Å². The first kappa shape index (κ1) is 19.7. The highest BCUT2D eigenvalue weighted by Gasteiger charge is 2.32. The summed E-state index contributed by atoms with van der Waals surface area (Å²) in [5.74, 6) is -0.0400. The van der Waals surface area contributed by atoms with Gasteiger partial charge in [-0.05, 0) is 43.9 Å². The van der Waals surface area contributed by atoms with E-state index in [1.165, 1.54) is 19.2 Å². The Morgan fingerprint density at radius 3 is 2.52 bits per heavy atom. The fourth-order valence-corrected chi connectivity index (χ4v) is 3.77. The number of nitrogens with one attached hydrogen (secondary N) is 2. The molecule has 0 radical (unpaired) electrons. The second-order valence-corrected chi connectivity index (χ2v) is 8.67. The Kier molecular flexibility index (Phi) is 5.75. The van der Waals surface area contributed by atoms with Gasteiger partial charge in [0.25, 0.3) is 5.91 Å². The van der Waals surface area contributed by atoms with E-state index < -0.39 is 15.6 Å². The predicted molar refractivity (Wildman–Crippen MR) is 96.1 cm³/mol. The van der Waals surface area contributed by atoms with Gasteiger partial charge in [-0.1, -0.05) is 13.8 Å². The molecular weight excluding hydrogens is 342 g/mol. The lowest BCUT2D eigenvalue weighted by Crippen LogP contribution is -2.55. The molecule has 1 aliphatic rings. The number of rotatable bonds is 8. The van der Waals surface area contributed by atoms with E-state index in [4.69, 9.17) is 10.5 Å². The highest BCUT2D eigenvalue weighted by atomic mass is 32.2. The first-order valence-electron chi connectivity index (χ1n) is 8.36. The zero-order valence-electron chi connectivity index (χ0n) is 15.1. The molecule has 1 amide bonds. The predicted octanol–water partition coefficient (Wildman–Crippen LogP) is 1.24. The first-order chi connectivity index (χ1) is 11.6. The van der Waals surface area contributed by atoms with Gasteiger partial charge in [0.15, 0.2) is 0 Å². The van der Waals surface area contributed by atoms with Gasteiger partial charge >= 0.3 is 0 Å². The molecule has 0 aromatic heterocycles. The molecule has 1 aliphatic carbocycles. The van der Waals surface area contributed by atoms with E-state index in [-0.39, 0.29) is 40.6 Å². The molecule has 0 heterocycles. The minimum Gasteiger partial charge on any atom is -0.495 e. The number of methoxy groups -OCH3 is 1. The van der Waals surface area contributed by atoms with Crippen molar-refractivity contribution in [3.8, 4) is 5.75 Å². The zero-order valence-corrected chi connectivity index (χ0v) is 15.9. The van der Waals surface area contributed by atoms with E-state index in [0.717, 1.165) is 12.8 Å². The molecule has 7 nitrogen and oxygen atoms in total. The molecule has 0 aliphatic heterocycles. The Balaban J connectivity index is 2.33. The van der Waals surface area contributed by atoms with Crippen LogP contribution in [0, 0.1) is 5.92 Å². The van der Waals surface area contributed by atoms with E-state index in [0.29, 0.717) is 0 Å². The average molecular weight is 369 g/mol. The van der Waals surface area contributed by atoms with Gasteiger partial charge in [-0.15, -0.1) is 0 Å². The normalized spacial score (nSPS) is 17.2. The second kappa shape index (κ2) is 7.31. The van der Waals surface area contributed by atoms with Crippen LogP contribution in [-0.4, -0.2) is 39.6 Å². The van der Waals surface area contributed by atoms with Gasteiger partial charge in [0.05, 0.1) is 12.6 Å². The highest BCUT2D eigenvalue weighted by molar-refractivity contribution is 7.89. The maximum Gasteiger partial charge on any atom is 0.251 e. The van der Waals surface area contributed by atoms with Crippen molar-refractivity contribution in [1.82, 2.24) is 10.0 Å². The number of ether oxygens (including phenoxy) is 1. The molecule has 0 spiro atoms. The number of benzene rings is 1. The van der Waals surface area contributed by atoms with Crippen LogP contribution in [0.15, 0.2) is 23.1 Å². The van der Waals surface area contributed by atoms with Gasteiger partial charge in [0.1, 0.15) is 10.6 Å². The van der Waals surface area contributed by atoms with E-state index >= 15 is 0 Å². The second-order valence-electron chi connectivity index (χ2n) is 6.99. The van der Waals surface area contributed by atoms with Crippen LogP contribution in [-0.2, 0) is 10.0 Å². The summed E-state index contributed by atoms with van der Waals surface area (Å²) < 4.78 is 32.9. The van der Waals surface area contributed by atoms with Gasteiger partial charge in [0, 0.05) is 18.2 Å². The molecule has 1 aromatic rings. The number of sulfonamides is 1. The van der Waals surface area contributed by atoms with Crippen molar-refractivity contribution in [3.63, 3.8) is 0 Å². The summed E-state index contributed by atoms with van der Waals surface area (Å²) in [6, 6.07) is 4.34. The molecule has 2 rings (SSSR count). The van der Waals surface area contributed by atoms with Crippen LogP contribution in [0.3, 0.4) is 0 Å². The third kappa shape index (κ3) is 4.50. The summed E-state index contributed by atoms with van der Waals surface area (Å²) in [7, 11) is -2.34. The lowest BCUT2D eigenvalue weighted by atomic mass is 9.88. The van der Waals surface area contributed by atoms with E-state index in [1.807, 2.05) is 20.8 Å². The van der Waals surface area contributed by atoms with Crippen molar-refractivity contribution in [3.05, 3.63) is 23.8 Å². The van der Waals surface area contributed by atoms with Gasteiger partial charge in [-0.25, -0.2) is 13.1 Å². The Labute approximate surface area is 149 Å². The number of carbonyl (C=O) groups is 1. The fourth-order valence-electron chi connectivity index (χ4n) is 2.27. The number of nitrogens with two attached hydrogens (primary N) is 1. The van der Waals surface area contributed by atoms with Gasteiger partial charge < -0.3 is 15.8 Å². The Bertz CT molecular complexity index is 744. The van der Waals surface area contributed by atoms with Crippen molar-refractivity contribution >= 4 is 15.9 Å². The average Bonchev–Trinajstić information content (AvgIpc) is 3.37. The van der Waals surface area contributed by atoms with Crippen LogP contribution >= 0.6 is 0 Å². The maximum atomic E-state index is 12.6. The van der Waals surface area contributed by atoms with E-state index in [1.54, 1.807) is 6.07 Å². The molecule has 1 unspecified atom stereocenters. The van der Waals surface area contributed by atoms with Crippen LogP contribution in [0.5, 0.6) is 5.75 Å². The lowest BCUT2D eigenvalue weighted by Gasteiger charge is -2.33. The van der Waals surface area contributed by atoms with E-state index in [2.05, 4.69) is 10.0 Å². The number of amides is 1. The quantitative estimate of drug-likeness (QED) is 0.638. The molecule has 25 heavy (non-hydrogen) atoms. The third-order valence-corrected chi connectivity index (χ3v) is 6.25. The summed E-state index contributed by atoms with van der Waals surface area (Å²) in [6.45, 7) is 6.08. The highest BCUT2D eigenvalue weighted by Crippen LogP contribution is 2.28. The largest absolute Gasteiger partial charge is 0.495 e. The summed E-state index contributed by atoms with van der Waals surface area (Å²) in [4.78, 5) is 12.6. The summed E-state index contributed by atoms with van der Waals surface area (Å²) in [5, 5.41) is 2.91. The van der Waals surface area contributed by atoms with Crippen LogP contribution in [0.25, 0.3) is 0 Å². The standard InChI is InChI=1S/C17H27N3O4S/c1-11(2)17(3,10-18)19-16(21)12-5-8-14(24-4)15(9-12)25(22,23)20-13-6-7-13/h5,8-9,11,13,20H,6-7,10,18H2,1-4H3,(H,19,21). The van der Waals surface area contributed by atoms with Gasteiger partial charge in [0.2, 0.25) is 10.0 Å². The maximum absolute atomic E-state index is 12.6. The molecule has 1 saturated carbocycles. The molecule has 140 valence electrons. The molecule has 8 heteroatoms. The SMILES string of the molecule is COc1ccc(C(=O)NC(C)(CN)C(C)C)cc1S(=O)(=O)NC1CC1. The molecule has 0 bridgehead atoms. The zero-order chi connectivity index (χ0) is 18.8. The number of hydrogen-bond donors (Lipinski definition) is 3. The van der Waals surface area contributed by atoms with Gasteiger partial charge in [-0.3, -0.25) is 4.79 Å². The summed E-state index contributed by atoms with van der Waals surface area (Å²) in [5.41, 5.74) is 5.47. The molecule has 1 atom stereocenters. The minimum absolute atomic E-state index is 0.0336.